The number of rotatable bonds is 5. The zero-order valence-corrected chi connectivity index (χ0v) is 20.6. The lowest BCUT2D eigenvalue weighted by Crippen LogP contribution is -2.54. The maximum Gasteiger partial charge on any atom is 0.0823 e. The van der Waals surface area contributed by atoms with Crippen LogP contribution in [0.4, 0.5) is 0 Å². The van der Waals surface area contributed by atoms with Gasteiger partial charge in [0.25, 0.3) is 0 Å². The minimum atomic E-state index is 0.563. The van der Waals surface area contributed by atoms with Crippen LogP contribution in [-0.4, -0.2) is 5.11 Å². The quantitative estimate of drug-likeness (QED) is 0.353. The Morgan fingerprint density at radius 2 is 1.70 bits per heavy atom. The number of allylic oxidation sites excluding steroid dienone is 2. The zero-order chi connectivity index (χ0) is 21.7. The van der Waals surface area contributed by atoms with Crippen LogP contribution >= 0.6 is 0 Å². The Labute approximate surface area is 186 Å². The van der Waals surface area contributed by atoms with E-state index in [4.69, 9.17) is 0 Å². The molecule has 0 aromatic heterocycles. The highest BCUT2D eigenvalue weighted by atomic mass is 16.2. The molecule has 0 bridgehead atoms. The van der Waals surface area contributed by atoms with Gasteiger partial charge in [0.05, 0.1) is 6.26 Å². The third kappa shape index (κ3) is 3.51. The number of hydrogen-bond acceptors (Lipinski definition) is 1. The third-order valence-electron chi connectivity index (χ3n) is 11.4. The molecule has 0 radical (unpaired) electrons. The van der Waals surface area contributed by atoms with Gasteiger partial charge in [0, 0.05) is 0 Å². The lowest BCUT2D eigenvalue weighted by Gasteiger charge is -2.62. The third-order valence-corrected chi connectivity index (χ3v) is 11.4. The summed E-state index contributed by atoms with van der Waals surface area (Å²) in [6.07, 6.45) is 16.9. The molecule has 30 heavy (non-hydrogen) atoms. The molecule has 0 heterocycles. The molecule has 170 valence electrons. The highest BCUT2D eigenvalue weighted by Gasteiger charge is 2.60. The predicted molar refractivity (Wildman–Crippen MR) is 128 cm³/mol. The van der Waals surface area contributed by atoms with E-state index >= 15 is 0 Å². The van der Waals surface area contributed by atoms with E-state index in [1.807, 2.05) is 6.92 Å². The number of fused-ring (bicyclic) bond motifs is 5. The van der Waals surface area contributed by atoms with E-state index in [0.717, 1.165) is 59.0 Å². The van der Waals surface area contributed by atoms with Crippen molar-refractivity contribution in [2.45, 2.75) is 105 Å². The number of aliphatic hydroxyl groups is 1. The molecule has 1 nitrogen and oxygen atoms in total. The Morgan fingerprint density at radius 1 is 1.00 bits per heavy atom. The van der Waals surface area contributed by atoms with Gasteiger partial charge in [-0.2, -0.15) is 0 Å². The first-order valence-electron chi connectivity index (χ1n) is 13.2. The maximum absolute atomic E-state index is 9.28. The van der Waals surface area contributed by atoms with E-state index in [2.05, 4.69) is 34.3 Å². The summed E-state index contributed by atoms with van der Waals surface area (Å²) in [5.74, 6) is 6.58. The van der Waals surface area contributed by atoms with Crippen LogP contribution in [0.2, 0.25) is 0 Å². The average molecular weight is 413 g/mol. The Hall–Kier alpha value is -0.720. The van der Waals surface area contributed by atoms with Crippen molar-refractivity contribution in [3.8, 4) is 0 Å². The highest BCUT2D eigenvalue weighted by molar-refractivity contribution is 5.24. The van der Waals surface area contributed by atoms with E-state index in [9.17, 15) is 5.11 Å². The number of aliphatic hydroxyl groups excluding tert-OH is 1. The molecule has 9 atom stereocenters. The van der Waals surface area contributed by atoms with Gasteiger partial charge < -0.3 is 5.11 Å². The fourth-order valence-electron chi connectivity index (χ4n) is 9.66. The fraction of sp³-hybridized carbons (Fsp3) is 0.862. The normalized spacial score (nSPS) is 47.2. The second kappa shape index (κ2) is 8.32. The standard InChI is InChI=1S/C29H48O/c1-19(22(4)18-30)9-10-21(3)25-13-14-26-23-11-12-24-20(2)8-7-16-28(24,5)27(23)15-17-29(25,26)6/h18,20-21,23-27,30H,1,7-17H2,2-6H3/t20?,21-,23+,24?,25-,26+,27+,28+,29-/m1/s1. The Kier molecular flexibility index (Phi) is 6.24. The summed E-state index contributed by atoms with van der Waals surface area (Å²) in [4.78, 5) is 0. The first-order chi connectivity index (χ1) is 14.2. The summed E-state index contributed by atoms with van der Waals surface area (Å²) in [7, 11) is 0. The van der Waals surface area contributed by atoms with Crippen LogP contribution in [0.5, 0.6) is 0 Å². The van der Waals surface area contributed by atoms with Crippen LogP contribution in [0.1, 0.15) is 105 Å². The van der Waals surface area contributed by atoms with Gasteiger partial charge in [0.1, 0.15) is 0 Å². The monoisotopic (exact) mass is 412 g/mol. The molecule has 4 aliphatic carbocycles. The smallest absolute Gasteiger partial charge is 0.0823 e. The van der Waals surface area contributed by atoms with Crippen LogP contribution in [-0.2, 0) is 0 Å². The molecule has 4 fully saturated rings. The molecule has 4 saturated carbocycles. The first kappa shape index (κ1) is 22.5. The summed E-state index contributed by atoms with van der Waals surface area (Å²) >= 11 is 0. The maximum atomic E-state index is 9.28. The molecule has 0 amide bonds. The Bertz CT molecular complexity index is 676. The van der Waals surface area contributed by atoms with Crippen molar-refractivity contribution in [2.75, 3.05) is 0 Å². The van der Waals surface area contributed by atoms with E-state index in [1.165, 1.54) is 70.5 Å². The molecular formula is C29H48O. The summed E-state index contributed by atoms with van der Waals surface area (Å²) in [5.41, 5.74) is 3.26. The van der Waals surface area contributed by atoms with Crippen LogP contribution in [0.15, 0.2) is 24.0 Å². The Morgan fingerprint density at radius 3 is 2.43 bits per heavy atom. The molecule has 0 aromatic carbocycles. The first-order valence-corrected chi connectivity index (χ1v) is 13.2. The molecule has 4 rings (SSSR count). The molecule has 1 heteroatoms. The topological polar surface area (TPSA) is 20.2 Å². The van der Waals surface area contributed by atoms with Crippen molar-refractivity contribution in [1.82, 2.24) is 0 Å². The minimum absolute atomic E-state index is 0.563. The van der Waals surface area contributed by atoms with Crippen LogP contribution in [0, 0.1) is 52.3 Å². The van der Waals surface area contributed by atoms with Crippen LogP contribution < -0.4 is 0 Å². The highest BCUT2D eigenvalue weighted by Crippen LogP contribution is 2.68. The van der Waals surface area contributed by atoms with Crippen molar-refractivity contribution in [3.63, 3.8) is 0 Å². The van der Waals surface area contributed by atoms with Gasteiger partial charge in [-0.15, -0.1) is 0 Å². The second-order valence-electron chi connectivity index (χ2n) is 12.6. The van der Waals surface area contributed by atoms with Crippen molar-refractivity contribution in [1.29, 1.82) is 0 Å². The van der Waals surface area contributed by atoms with Gasteiger partial charge >= 0.3 is 0 Å². The summed E-state index contributed by atoms with van der Waals surface area (Å²) in [6, 6.07) is 0. The average Bonchev–Trinajstić information content (AvgIpc) is 3.08. The summed E-state index contributed by atoms with van der Waals surface area (Å²) in [6.45, 7) is 16.6. The van der Waals surface area contributed by atoms with Crippen molar-refractivity contribution in [3.05, 3.63) is 24.0 Å². The van der Waals surface area contributed by atoms with Crippen molar-refractivity contribution < 1.29 is 5.11 Å². The predicted octanol–water partition coefficient (Wildman–Crippen LogP) is 8.72. The van der Waals surface area contributed by atoms with Gasteiger partial charge in [0.2, 0.25) is 0 Å². The molecular weight excluding hydrogens is 364 g/mol. The van der Waals surface area contributed by atoms with E-state index < -0.39 is 0 Å². The van der Waals surface area contributed by atoms with E-state index in [1.54, 1.807) is 0 Å². The van der Waals surface area contributed by atoms with Crippen LogP contribution in [0.3, 0.4) is 0 Å². The fourth-order valence-corrected chi connectivity index (χ4v) is 9.66. The molecule has 0 aromatic rings. The van der Waals surface area contributed by atoms with Gasteiger partial charge in [0.15, 0.2) is 0 Å². The minimum Gasteiger partial charge on any atom is -0.515 e. The van der Waals surface area contributed by atoms with Crippen LogP contribution in [0.25, 0.3) is 0 Å². The zero-order valence-electron chi connectivity index (χ0n) is 20.6. The van der Waals surface area contributed by atoms with Gasteiger partial charge in [-0.3, -0.25) is 0 Å². The van der Waals surface area contributed by atoms with Gasteiger partial charge in [-0.25, -0.2) is 0 Å². The SMILES string of the molecule is C=C(CC[C@@H](C)[C@H]1CC[C@H]2[C@@H]3CCC4C(C)CCC[C@]4(C)[C@H]3CC[C@]12C)C(C)=CO. The van der Waals surface area contributed by atoms with Gasteiger partial charge in [-0.1, -0.05) is 47.1 Å². The number of hydrogen-bond donors (Lipinski definition) is 1. The van der Waals surface area contributed by atoms with E-state index in [-0.39, 0.29) is 0 Å². The molecule has 2 unspecified atom stereocenters. The Balaban J connectivity index is 1.47. The molecule has 0 saturated heterocycles. The molecule has 0 spiro atoms. The van der Waals surface area contributed by atoms with E-state index in [0.29, 0.717) is 10.8 Å². The van der Waals surface area contributed by atoms with Crippen molar-refractivity contribution in [2.24, 2.45) is 52.3 Å². The summed E-state index contributed by atoms with van der Waals surface area (Å²) < 4.78 is 0. The summed E-state index contributed by atoms with van der Waals surface area (Å²) in [5, 5.41) is 9.28. The van der Waals surface area contributed by atoms with Gasteiger partial charge in [-0.05, 0) is 128 Å². The largest absolute Gasteiger partial charge is 0.515 e. The van der Waals surface area contributed by atoms with Crippen molar-refractivity contribution >= 4 is 0 Å². The second-order valence-corrected chi connectivity index (χ2v) is 12.6. The lowest BCUT2D eigenvalue weighted by molar-refractivity contribution is -0.127. The lowest BCUT2D eigenvalue weighted by atomic mass is 9.43. The molecule has 1 N–H and O–H groups in total. The molecule has 4 aliphatic rings. The molecule has 0 aliphatic heterocycles.